The fraction of sp³-hybridized carbons (Fsp3) is 0.308. The number of carbonyl (C=O) groups is 1. The van der Waals surface area contributed by atoms with E-state index in [9.17, 15) is 4.79 Å². The van der Waals surface area contributed by atoms with Crippen LogP contribution in [0.3, 0.4) is 0 Å². The molecule has 0 radical (unpaired) electrons. The molecule has 1 aliphatic heterocycles. The number of amides is 1. The third-order valence-corrected chi connectivity index (χ3v) is 3.70. The molecule has 1 amide bonds. The number of nitrogens with one attached hydrogen (secondary N) is 2. The lowest BCUT2D eigenvalue weighted by atomic mass is 10.2. The Labute approximate surface area is 115 Å². The Morgan fingerprint density at radius 1 is 1.37 bits per heavy atom. The summed E-state index contributed by atoms with van der Waals surface area (Å²) in [6, 6.07) is 9.64. The molecule has 1 unspecified atom stereocenters. The molecule has 5 nitrogen and oxygen atoms in total. The van der Waals surface area contributed by atoms with Crippen LogP contribution in [0.15, 0.2) is 30.3 Å². The number of hydrogen-bond donors (Lipinski definition) is 2. The van der Waals surface area contributed by atoms with Gasteiger partial charge in [-0.1, -0.05) is 30.3 Å². The first-order valence-electron chi connectivity index (χ1n) is 6.26. The predicted molar refractivity (Wildman–Crippen MR) is 75.0 cm³/mol. The van der Waals surface area contributed by atoms with Crippen LogP contribution in [0.5, 0.6) is 0 Å². The van der Waals surface area contributed by atoms with Crippen molar-refractivity contribution in [2.75, 3.05) is 11.9 Å². The smallest absolute Gasteiger partial charge is 0.243 e. The Balaban J connectivity index is 1.70. The maximum absolute atomic E-state index is 11.9. The van der Waals surface area contributed by atoms with Gasteiger partial charge in [0.1, 0.15) is 0 Å². The second kappa shape index (κ2) is 5.46. The maximum atomic E-state index is 11.9. The average Bonchev–Trinajstić information content (AvgIpc) is 3.11. The average molecular weight is 274 g/mol. The molecule has 1 fully saturated rings. The molecular formula is C13H14N4OS. The van der Waals surface area contributed by atoms with E-state index in [-0.39, 0.29) is 11.9 Å². The van der Waals surface area contributed by atoms with Crippen LogP contribution < -0.4 is 10.6 Å². The first-order chi connectivity index (χ1) is 9.33. The minimum absolute atomic E-state index is 0.0201. The summed E-state index contributed by atoms with van der Waals surface area (Å²) in [5.74, 6) is 0.633. The topological polar surface area (TPSA) is 66.9 Å². The molecule has 3 rings (SSSR count). The highest BCUT2D eigenvalue weighted by Crippen LogP contribution is 2.21. The molecule has 0 spiro atoms. The van der Waals surface area contributed by atoms with Gasteiger partial charge in [0.15, 0.2) is 5.82 Å². The lowest BCUT2D eigenvalue weighted by molar-refractivity contribution is -0.117. The van der Waals surface area contributed by atoms with E-state index in [1.807, 2.05) is 30.3 Å². The van der Waals surface area contributed by atoms with E-state index >= 15 is 0 Å². The lowest BCUT2D eigenvalue weighted by Crippen LogP contribution is -2.35. The molecule has 19 heavy (non-hydrogen) atoms. The fourth-order valence-electron chi connectivity index (χ4n) is 2.08. The van der Waals surface area contributed by atoms with Gasteiger partial charge in [0.25, 0.3) is 0 Å². The molecule has 1 aliphatic rings. The summed E-state index contributed by atoms with van der Waals surface area (Å²) in [7, 11) is 0. The number of benzene rings is 1. The second-order valence-electron chi connectivity index (χ2n) is 4.43. The van der Waals surface area contributed by atoms with E-state index in [0.717, 1.165) is 24.9 Å². The summed E-state index contributed by atoms with van der Waals surface area (Å²) in [5.41, 5.74) is 0.957. The van der Waals surface area contributed by atoms with Crippen LogP contribution in [0.1, 0.15) is 12.8 Å². The summed E-state index contributed by atoms with van der Waals surface area (Å²) in [6.07, 6.45) is 1.93. The van der Waals surface area contributed by atoms with E-state index in [1.54, 1.807) is 0 Å². The standard InChI is InChI=1S/C13H14N4OS/c18-12(10-7-4-8-14-10)16-13-15-11(17-19-13)9-5-2-1-3-6-9/h1-3,5-6,10,14H,4,7-8H2,(H,15,16,17,18). The minimum atomic E-state index is -0.0934. The van der Waals surface area contributed by atoms with Gasteiger partial charge in [0.05, 0.1) is 6.04 Å². The van der Waals surface area contributed by atoms with Gasteiger partial charge in [0.2, 0.25) is 11.0 Å². The van der Waals surface area contributed by atoms with E-state index in [2.05, 4.69) is 20.0 Å². The van der Waals surface area contributed by atoms with Crippen LogP contribution in [0.2, 0.25) is 0 Å². The van der Waals surface area contributed by atoms with Gasteiger partial charge < -0.3 is 5.32 Å². The van der Waals surface area contributed by atoms with Gasteiger partial charge in [0, 0.05) is 17.1 Å². The number of hydrogen-bond acceptors (Lipinski definition) is 5. The predicted octanol–water partition coefficient (Wildman–Crippen LogP) is 1.90. The molecular weight excluding hydrogens is 260 g/mol. The SMILES string of the molecule is O=C(Nc1nc(-c2ccccc2)ns1)C1CCCN1. The van der Waals surface area contributed by atoms with E-state index in [0.29, 0.717) is 11.0 Å². The van der Waals surface area contributed by atoms with E-state index in [4.69, 9.17) is 0 Å². The Hall–Kier alpha value is -1.79. The van der Waals surface area contributed by atoms with Crippen LogP contribution in [-0.4, -0.2) is 27.9 Å². The third kappa shape index (κ3) is 2.80. The van der Waals surface area contributed by atoms with Gasteiger partial charge >= 0.3 is 0 Å². The van der Waals surface area contributed by atoms with Crippen molar-refractivity contribution in [3.8, 4) is 11.4 Å². The molecule has 2 heterocycles. The van der Waals surface area contributed by atoms with Crippen LogP contribution >= 0.6 is 11.5 Å². The first-order valence-corrected chi connectivity index (χ1v) is 7.03. The maximum Gasteiger partial charge on any atom is 0.243 e. The zero-order valence-electron chi connectivity index (χ0n) is 10.3. The normalized spacial score (nSPS) is 18.4. The van der Waals surface area contributed by atoms with Crippen molar-refractivity contribution < 1.29 is 4.79 Å². The van der Waals surface area contributed by atoms with Crippen LogP contribution in [0.4, 0.5) is 5.13 Å². The monoisotopic (exact) mass is 274 g/mol. The van der Waals surface area contributed by atoms with Crippen molar-refractivity contribution in [1.29, 1.82) is 0 Å². The fourth-order valence-corrected chi connectivity index (χ4v) is 2.67. The Kier molecular flexibility index (Phi) is 3.52. The van der Waals surface area contributed by atoms with Crippen molar-refractivity contribution >= 4 is 22.6 Å². The Morgan fingerprint density at radius 2 is 2.21 bits per heavy atom. The molecule has 0 saturated carbocycles. The highest BCUT2D eigenvalue weighted by atomic mass is 32.1. The van der Waals surface area contributed by atoms with Gasteiger partial charge in [-0.15, -0.1) is 0 Å². The first kappa shape index (κ1) is 12.3. The van der Waals surface area contributed by atoms with Gasteiger partial charge in [-0.2, -0.15) is 9.36 Å². The number of aromatic nitrogens is 2. The van der Waals surface area contributed by atoms with Crippen molar-refractivity contribution in [2.45, 2.75) is 18.9 Å². The molecule has 2 N–H and O–H groups in total. The molecule has 6 heteroatoms. The second-order valence-corrected chi connectivity index (χ2v) is 5.18. The Morgan fingerprint density at radius 3 is 2.95 bits per heavy atom. The quantitative estimate of drug-likeness (QED) is 0.897. The molecule has 2 aromatic rings. The minimum Gasteiger partial charge on any atom is -0.306 e. The molecule has 1 aromatic heterocycles. The number of anilines is 1. The lowest BCUT2D eigenvalue weighted by Gasteiger charge is -2.07. The highest BCUT2D eigenvalue weighted by Gasteiger charge is 2.22. The molecule has 1 saturated heterocycles. The summed E-state index contributed by atoms with van der Waals surface area (Å²) < 4.78 is 4.26. The van der Waals surface area contributed by atoms with Gasteiger partial charge in [-0.3, -0.25) is 10.1 Å². The number of carbonyl (C=O) groups excluding carboxylic acids is 1. The van der Waals surface area contributed by atoms with Crippen LogP contribution in [-0.2, 0) is 4.79 Å². The Bertz CT molecular complexity index is 563. The third-order valence-electron chi connectivity index (χ3n) is 3.06. The molecule has 1 aromatic carbocycles. The van der Waals surface area contributed by atoms with E-state index in [1.165, 1.54) is 11.5 Å². The van der Waals surface area contributed by atoms with Crippen molar-refractivity contribution in [3.63, 3.8) is 0 Å². The van der Waals surface area contributed by atoms with Crippen molar-refractivity contribution in [3.05, 3.63) is 30.3 Å². The van der Waals surface area contributed by atoms with E-state index < -0.39 is 0 Å². The summed E-state index contributed by atoms with van der Waals surface area (Å²) in [4.78, 5) is 16.3. The molecule has 98 valence electrons. The van der Waals surface area contributed by atoms with Gasteiger partial charge in [-0.25, -0.2) is 0 Å². The summed E-state index contributed by atoms with van der Waals surface area (Å²) in [6.45, 7) is 0.906. The number of rotatable bonds is 3. The summed E-state index contributed by atoms with van der Waals surface area (Å²) in [5, 5.41) is 6.53. The highest BCUT2D eigenvalue weighted by molar-refractivity contribution is 7.10. The molecule has 0 bridgehead atoms. The van der Waals surface area contributed by atoms with Crippen LogP contribution in [0.25, 0.3) is 11.4 Å². The molecule has 1 atom stereocenters. The summed E-state index contributed by atoms with van der Waals surface area (Å²) >= 11 is 1.21. The van der Waals surface area contributed by atoms with Gasteiger partial charge in [-0.05, 0) is 19.4 Å². The largest absolute Gasteiger partial charge is 0.306 e. The van der Waals surface area contributed by atoms with Crippen molar-refractivity contribution in [2.24, 2.45) is 0 Å². The number of nitrogens with zero attached hydrogens (tertiary/aromatic N) is 2. The zero-order chi connectivity index (χ0) is 13.1. The van der Waals surface area contributed by atoms with Crippen LogP contribution in [0, 0.1) is 0 Å². The zero-order valence-corrected chi connectivity index (χ0v) is 11.1. The van der Waals surface area contributed by atoms with Crippen molar-refractivity contribution in [1.82, 2.24) is 14.7 Å². The molecule has 0 aliphatic carbocycles.